The summed E-state index contributed by atoms with van der Waals surface area (Å²) in [4.78, 5) is 28.1. The van der Waals surface area contributed by atoms with E-state index in [1.807, 2.05) is 29.2 Å². The zero-order valence-electron chi connectivity index (χ0n) is 24.9. The molecule has 1 saturated heterocycles. The molecule has 1 aliphatic heterocycles. The van der Waals surface area contributed by atoms with Gasteiger partial charge in [0.1, 0.15) is 5.41 Å². The van der Waals surface area contributed by atoms with E-state index in [4.69, 9.17) is 9.05 Å². The van der Waals surface area contributed by atoms with Crippen LogP contribution in [0.4, 0.5) is 0 Å². The van der Waals surface area contributed by atoms with Gasteiger partial charge in [-0.3, -0.25) is 14.2 Å². The van der Waals surface area contributed by atoms with E-state index >= 15 is 0 Å². The van der Waals surface area contributed by atoms with Crippen molar-refractivity contribution in [3.8, 4) is 11.1 Å². The molecule has 0 unspecified atom stereocenters. The van der Waals surface area contributed by atoms with E-state index in [0.717, 1.165) is 67.3 Å². The summed E-state index contributed by atoms with van der Waals surface area (Å²) in [5.41, 5.74) is 3.41. The minimum atomic E-state index is -3.19. The van der Waals surface area contributed by atoms with Crippen molar-refractivity contribution < 1.29 is 23.2 Å². The molecule has 0 aromatic heterocycles. The van der Waals surface area contributed by atoms with E-state index in [0.29, 0.717) is 58.1 Å². The lowest BCUT2D eigenvalue weighted by atomic mass is 9.73. The van der Waals surface area contributed by atoms with Crippen LogP contribution in [0.1, 0.15) is 89.2 Å². The third kappa shape index (κ3) is 7.49. The number of hydrogen-bond donors (Lipinski definition) is 1. The molecule has 1 fully saturated rings. The molecule has 1 heterocycles. The number of benzene rings is 2. The molecule has 41 heavy (non-hydrogen) atoms. The molecule has 2 amide bonds. The first-order valence-corrected chi connectivity index (χ1v) is 17.3. The van der Waals surface area contributed by atoms with Crippen LogP contribution >= 0.6 is 7.60 Å². The Hall–Kier alpha value is -2.47. The summed E-state index contributed by atoms with van der Waals surface area (Å²) in [5, 5.41) is 3.23. The van der Waals surface area contributed by atoms with E-state index in [9.17, 15) is 14.2 Å². The number of rotatable bonds is 18. The number of nitrogens with zero attached hydrogens (tertiary/aromatic N) is 1. The first-order chi connectivity index (χ1) is 19.9. The molecular formula is C33H47N2O5P. The molecule has 0 bridgehead atoms. The fourth-order valence-electron chi connectivity index (χ4n) is 6.07. The largest absolute Gasteiger partial charge is 0.355 e. The molecule has 0 spiro atoms. The summed E-state index contributed by atoms with van der Waals surface area (Å²) in [6.45, 7) is 7.04. The molecular weight excluding hydrogens is 535 g/mol. The average Bonchev–Trinajstić information content (AvgIpc) is 3.52. The van der Waals surface area contributed by atoms with Crippen LogP contribution in [0.15, 0.2) is 48.5 Å². The van der Waals surface area contributed by atoms with Crippen LogP contribution in [-0.4, -0.2) is 55.7 Å². The van der Waals surface area contributed by atoms with Crippen LogP contribution in [0.2, 0.25) is 0 Å². The molecule has 0 radical (unpaired) electrons. The van der Waals surface area contributed by atoms with Gasteiger partial charge in [-0.1, -0.05) is 81.6 Å². The highest BCUT2D eigenvalue weighted by molar-refractivity contribution is 7.53. The highest BCUT2D eigenvalue weighted by Gasteiger charge is 2.48. The zero-order chi connectivity index (χ0) is 29.1. The van der Waals surface area contributed by atoms with Crippen LogP contribution in [-0.2, 0) is 28.6 Å². The van der Waals surface area contributed by atoms with Crippen molar-refractivity contribution in [2.45, 2.75) is 83.5 Å². The predicted octanol–water partition coefficient (Wildman–Crippen LogP) is 7.08. The Morgan fingerprint density at radius 3 is 2.07 bits per heavy atom. The van der Waals surface area contributed by atoms with Gasteiger partial charge in [-0.05, 0) is 60.8 Å². The van der Waals surface area contributed by atoms with Crippen molar-refractivity contribution >= 4 is 19.4 Å². The Kier molecular flexibility index (Phi) is 11.6. The van der Waals surface area contributed by atoms with Crippen LogP contribution in [0.5, 0.6) is 0 Å². The van der Waals surface area contributed by atoms with Gasteiger partial charge in [-0.15, -0.1) is 0 Å². The molecule has 8 heteroatoms. The second-order valence-corrected chi connectivity index (χ2v) is 13.4. The smallest absolute Gasteiger partial charge is 0.330 e. The summed E-state index contributed by atoms with van der Waals surface area (Å²) in [7, 11) is -3.19. The maximum absolute atomic E-state index is 14.2. The minimum absolute atomic E-state index is 0.00998. The lowest BCUT2D eigenvalue weighted by molar-refractivity contribution is -0.127. The second kappa shape index (κ2) is 15.1. The van der Waals surface area contributed by atoms with Crippen molar-refractivity contribution in [1.82, 2.24) is 10.2 Å². The number of hydrogen-bond acceptors (Lipinski definition) is 5. The van der Waals surface area contributed by atoms with E-state index in [2.05, 4.69) is 43.4 Å². The summed E-state index contributed by atoms with van der Waals surface area (Å²) in [5.74, 6) is 0.199. The van der Waals surface area contributed by atoms with Crippen LogP contribution in [0.3, 0.4) is 0 Å². The molecule has 0 atom stereocenters. The van der Waals surface area contributed by atoms with Gasteiger partial charge >= 0.3 is 7.60 Å². The van der Waals surface area contributed by atoms with Gasteiger partial charge in [0, 0.05) is 26.1 Å². The molecule has 4 rings (SSSR count). The first-order valence-electron chi connectivity index (χ1n) is 15.6. The Labute approximate surface area is 245 Å². The fraction of sp³-hybridized carbons (Fsp3) is 0.576. The van der Waals surface area contributed by atoms with Gasteiger partial charge in [-0.2, -0.15) is 0 Å². The summed E-state index contributed by atoms with van der Waals surface area (Å²) >= 11 is 0. The first kappa shape index (κ1) is 31.5. The zero-order valence-corrected chi connectivity index (χ0v) is 25.8. The highest BCUT2D eigenvalue weighted by atomic mass is 31.2. The fourth-order valence-corrected chi connectivity index (χ4v) is 7.83. The average molecular weight is 583 g/mol. The predicted molar refractivity (Wildman–Crippen MR) is 164 cm³/mol. The van der Waals surface area contributed by atoms with E-state index in [-0.39, 0.29) is 11.8 Å². The second-order valence-electron chi connectivity index (χ2n) is 11.3. The topological polar surface area (TPSA) is 84.9 Å². The van der Waals surface area contributed by atoms with E-state index in [1.165, 1.54) is 0 Å². The van der Waals surface area contributed by atoms with E-state index in [1.54, 1.807) is 0 Å². The molecule has 2 aliphatic rings. The molecule has 1 aliphatic carbocycles. The molecule has 2 aromatic carbocycles. The van der Waals surface area contributed by atoms with Crippen molar-refractivity contribution in [1.29, 1.82) is 0 Å². The van der Waals surface area contributed by atoms with E-state index < -0.39 is 13.0 Å². The van der Waals surface area contributed by atoms with Crippen molar-refractivity contribution in [3.05, 3.63) is 59.7 Å². The molecule has 2 aromatic rings. The standard InChI is InChI=1S/C33H47N2O5P/c1-3-5-24-39-41(38,40-25-6-4-2)26-12-11-20-33(32(37)34-21-14-23-35-22-13-19-31(35)36)29-17-9-7-15-27(29)28-16-8-10-18-30(28)33/h7-10,15-18H,3-6,11-14,19-26H2,1-2H3,(H,34,37). The van der Waals surface area contributed by atoms with Gasteiger partial charge in [0.05, 0.1) is 19.4 Å². The minimum Gasteiger partial charge on any atom is -0.355 e. The number of carbonyl (C=O) groups is 2. The van der Waals surface area contributed by atoms with Crippen molar-refractivity contribution in [2.75, 3.05) is 39.0 Å². The summed E-state index contributed by atoms with van der Waals surface area (Å²) < 4.78 is 25.2. The quantitative estimate of drug-likeness (QED) is 0.150. The number of amides is 2. The Morgan fingerprint density at radius 2 is 1.51 bits per heavy atom. The van der Waals surface area contributed by atoms with Crippen LogP contribution in [0.25, 0.3) is 11.1 Å². The molecule has 224 valence electrons. The van der Waals surface area contributed by atoms with Gasteiger partial charge in [0.25, 0.3) is 0 Å². The molecule has 7 nitrogen and oxygen atoms in total. The highest BCUT2D eigenvalue weighted by Crippen LogP contribution is 2.53. The van der Waals surface area contributed by atoms with Gasteiger partial charge in [0.2, 0.25) is 11.8 Å². The van der Waals surface area contributed by atoms with Crippen LogP contribution < -0.4 is 5.32 Å². The van der Waals surface area contributed by atoms with Gasteiger partial charge in [0.15, 0.2) is 0 Å². The normalized spacial score (nSPS) is 15.7. The maximum atomic E-state index is 14.2. The lowest BCUT2D eigenvalue weighted by Gasteiger charge is -2.31. The monoisotopic (exact) mass is 582 g/mol. The Balaban J connectivity index is 1.48. The molecule has 0 saturated carbocycles. The maximum Gasteiger partial charge on any atom is 0.330 e. The molecule has 1 N–H and O–H groups in total. The Bertz CT molecular complexity index is 1160. The number of unbranched alkanes of at least 4 members (excludes halogenated alkanes) is 3. The number of fused-ring (bicyclic) bond motifs is 3. The number of nitrogens with one attached hydrogen (secondary N) is 1. The van der Waals surface area contributed by atoms with Gasteiger partial charge < -0.3 is 19.3 Å². The van der Waals surface area contributed by atoms with Crippen molar-refractivity contribution in [2.24, 2.45) is 0 Å². The number of likely N-dealkylation sites (tertiary alicyclic amines) is 1. The third-order valence-electron chi connectivity index (χ3n) is 8.32. The van der Waals surface area contributed by atoms with Gasteiger partial charge in [-0.25, -0.2) is 0 Å². The lowest BCUT2D eigenvalue weighted by Crippen LogP contribution is -2.45. The SMILES string of the molecule is CCCCOP(=O)(CCCCC1(C(=O)NCCCN2CCCC2=O)c2ccccc2-c2ccccc21)OCCCC. The summed E-state index contributed by atoms with van der Waals surface area (Å²) in [6, 6.07) is 16.4. The number of carbonyl (C=O) groups excluding carboxylic acids is 2. The Morgan fingerprint density at radius 1 is 0.902 bits per heavy atom. The van der Waals surface area contributed by atoms with Crippen LogP contribution in [0, 0.1) is 0 Å². The summed E-state index contributed by atoms with van der Waals surface area (Å²) in [6.07, 6.45) is 8.22. The van der Waals surface area contributed by atoms with Crippen molar-refractivity contribution in [3.63, 3.8) is 0 Å². The third-order valence-corrected chi connectivity index (χ3v) is 10.3.